The van der Waals surface area contributed by atoms with Crippen molar-refractivity contribution in [2.24, 2.45) is 0 Å². The van der Waals surface area contributed by atoms with Crippen molar-refractivity contribution < 1.29 is 4.74 Å². The molecule has 4 rings (SSSR count). The molecule has 1 aliphatic rings. The Hall–Kier alpha value is -3.04. The minimum Gasteiger partial charge on any atom is -0.378 e. The summed E-state index contributed by atoms with van der Waals surface area (Å²) in [6.45, 7) is 2.33. The van der Waals surface area contributed by atoms with E-state index in [1.807, 2.05) is 48.1 Å². The molecule has 29 heavy (non-hydrogen) atoms. The first-order valence-corrected chi connectivity index (χ1v) is 9.59. The number of imidazole rings is 1. The van der Waals surface area contributed by atoms with E-state index in [-0.39, 0.29) is 12.1 Å². The highest BCUT2D eigenvalue weighted by Crippen LogP contribution is 2.21. The second kappa shape index (κ2) is 8.54. The molecule has 3 aromatic rings. The number of nitrogens with one attached hydrogen (secondary N) is 1. The summed E-state index contributed by atoms with van der Waals surface area (Å²) in [6, 6.07) is 6.22. The molecule has 0 saturated carbocycles. The average molecular weight is 394 g/mol. The predicted octanol–water partition coefficient (Wildman–Crippen LogP) is 1.12. The van der Waals surface area contributed by atoms with Crippen LogP contribution in [-0.4, -0.2) is 70.9 Å². The van der Waals surface area contributed by atoms with Crippen LogP contribution < -0.4 is 15.1 Å². The minimum atomic E-state index is 0.0888. The fourth-order valence-electron chi connectivity index (χ4n) is 3.44. The van der Waals surface area contributed by atoms with Gasteiger partial charge in [-0.3, -0.25) is 4.57 Å². The number of hydrogen-bond acceptors (Lipinski definition) is 8. The van der Waals surface area contributed by atoms with Crippen molar-refractivity contribution in [3.8, 4) is 5.82 Å². The molecule has 0 amide bonds. The van der Waals surface area contributed by atoms with Crippen molar-refractivity contribution in [1.82, 2.24) is 29.8 Å². The maximum absolute atomic E-state index is 5.73. The summed E-state index contributed by atoms with van der Waals surface area (Å²) in [5.74, 6) is 2.48. The van der Waals surface area contributed by atoms with Crippen LogP contribution in [0.5, 0.6) is 0 Å². The number of pyridine rings is 1. The first kappa shape index (κ1) is 19.3. The lowest BCUT2D eigenvalue weighted by molar-refractivity contribution is 0.0966. The van der Waals surface area contributed by atoms with Crippen LogP contribution in [0.1, 0.15) is 5.56 Å². The minimum absolute atomic E-state index is 0.0888. The van der Waals surface area contributed by atoms with Gasteiger partial charge in [-0.1, -0.05) is 6.07 Å². The number of hydrogen-bond donors (Lipinski definition) is 1. The molecule has 9 heteroatoms. The van der Waals surface area contributed by atoms with Crippen LogP contribution in [0.4, 0.5) is 11.8 Å². The predicted molar refractivity (Wildman–Crippen MR) is 111 cm³/mol. The molecule has 0 bridgehead atoms. The van der Waals surface area contributed by atoms with Crippen molar-refractivity contribution in [1.29, 1.82) is 0 Å². The van der Waals surface area contributed by atoms with E-state index in [4.69, 9.17) is 4.74 Å². The summed E-state index contributed by atoms with van der Waals surface area (Å²) in [7, 11) is 5.64. The zero-order valence-corrected chi connectivity index (χ0v) is 16.9. The molecule has 0 spiro atoms. The van der Waals surface area contributed by atoms with Gasteiger partial charge in [-0.05, 0) is 17.7 Å². The van der Waals surface area contributed by atoms with Crippen LogP contribution in [-0.2, 0) is 11.3 Å². The lowest BCUT2D eigenvalue weighted by Gasteiger charge is -2.19. The summed E-state index contributed by atoms with van der Waals surface area (Å²) >= 11 is 0. The smallest absolute Gasteiger partial charge is 0.226 e. The van der Waals surface area contributed by atoms with Gasteiger partial charge in [0.25, 0.3) is 0 Å². The third-order valence-corrected chi connectivity index (χ3v) is 5.07. The Morgan fingerprint density at radius 3 is 2.72 bits per heavy atom. The molecule has 1 fully saturated rings. The van der Waals surface area contributed by atoms with Gasteiger partial charge in [0.1, 0.15) is 18.0 Å². The summed E-state index contributed by atoms with van der Waals surface area (Å²) in [4.78, 5) is 21.7. The zero-order chi connectivity index (χ0) is 20.2. The summed E-state index contributed by atoms with van der Waals surface area (Å²) in [5.41, 5.74) is 1.12. The van der Waals surface area contributed by atoms with Gasteiger partial charge in [0.15, 0.2) is 0 Å². The van der Waals surface area contributed by atoms with E-state index in [0.717, 1.165) is 36.8 Å². The van der Waals surface area contributed by atoms with Crippen LogP contribution in [0, 0.1) is 0 Å². The third kappa shape index (κ3) is 4.36. The fourth-order valence-corrected chi connectivity index (χ4v) is 3.44. The largest absolute Gasteiger partial charge is 0.378 e. The SMILES string of the molecule is CO[C@@H]1CN(c2ccnc(N(C)C)n2)C[C@@H]1NCc1ccc(-n2ccnc2)nc1. The van der Waals surface area contributed by atoms with Crippen LogP contribution in [0.15, 0.2) is 49.3 Å². The van der Waals surface area contributed by atoms with E-state index < -0.39 is 0 Å². The summed E-state index contributed by atoms with van der Waals surface area (Å²) in [6.07, 6.45) is 9.15. The van der Waals surface area contributed by atoms with Crippen molar-refractivity contribution in [3.63, 3.8) is 0 Å². The standard InChI is InChI=1S/C20H26N8O/c1-26(2)20-22-7-6-19(25-20)28-12-16(17(13-28)29-3)23-10-15-4-5-18(24-11-15)27-9-8-21-14-27/h4-9,11,14,16-17,23H,10,12-13H2,1-3H3/t16-,17+/m0/s1. The molecular weight excluding hydrogens is 368 g/mol. The molecule has 9 nitrogen and oxygen atoms in total. The van der Waals surface area contributed by atoms with E-state index in [1.54, 1.807) is 25.8 Å². The highest BCUT2D eigenvalue weighted by atomic mass is 16.5. The van der Waals surface area contributed by atoms with Crippen LogP contribution in [0.2, 0.25) is 0 Å². The average Bonchev–Trinajstić information content (AvgIpc) is 3.43. The van der Waals surface area contributed by atoms with Crippen molar-refractivity contribution >= 4 is 11.8 Å². The topological polar surface area (TPSA) is 84.2 Å². The van der Waals surface area contributed by atoms with Crippen LogP contribution >= 0.6 is 0 Å². The van der Waals surface area contributed by atoms with E-state index in [2.05, 4.69) is 36.2 Å². The Balaban J connectivity index is 1.39. The van der Waals surface area contributed by atoms with Crippen LogP contribution in [0.25, 0.3) is 5.82 Å². The molecule has 0 aliphatic carbocycles. The summed E-state index contributed by atoms with van der Waals surface area (Å²) in [5, 5.41) is 3.61. The number of rotatable bonds is 7. The molecule has 3 aromatic heterocycles. The van der Waals surface area contributed by atoms with Gasteiger partial charge in [-0.25, -0.2) is 15.0 Å². The Labute approximate surface area is 170 Å². The third-order valence-electron chi connectivity index (χ3n) is 5.07. The number of anilines is 2. The second-order valence-corrected chi connectivity index (χ2v) is 7.27. The van der Waals surface area contributed by atoms with Crippen LogP contribution in [0.3, 0.4) is 0 Å². The van der Waals surface area contributed by atoms with Gasteiger partial charge < -0.3 is 19.9 Å². The lowest BCUT2D eigenvalue weighted by atomic mass is 10.2. The molecule has 1 N–H and O–H groups in total. The Bertz CT molecular complexity index is 912. The highest BCUT2D eigenvalue weighted by Gasteiger charge is 2.33. The van der Waals surface area contributed by atoms with Gasteiger partial charge in [0, 0.05) is 65.6 Å². The number of methoxy groups -OCH3 is 1. The Morgan fingerprint density at radius 1 is 1.14 bits per heavy atom. The van der Waals surface area contributed by atoms with Gasteiger partial charge in [0.2, 0.25) is 5.95 Å². The highest BCUT2D eigenvalue weighted by molar-refractivity contribution is 5.45. The van der Waals surface area contributed by atoms with Crippen molar-refractivity contribution in [2.45, 2.75) is 18.7 Å². The van der Waals surface area contributed by atoms with E-state index in [0.29, 0.717) is 5.95 Å². The molecule has 1 saturated heterocycles. The maximum atomic E-state index is 5.73. The monoisotopic (exact) mass is 394 g/mol. The molecule has 1 aliphatic heterocycles. The Morgan fingerprint density at radius 2 is 2.03 bits per heavy atom. The maximum Gasteiger partial charge on any atom is 0.226 e. The Kier molecular flexibility index (Phi) is 5.68. The van der Waals surface area contributed by atoms with Gasteiger partial charge in [-0.2, -0.15) is 4.98 Å². The number of aromatic nitrogens is 5. The van der Waals surface area contributed by atoms with E-state index in [9.17, 15) is 0 Å². The molecule has 152 valence electrons. The molecule has 4 heterocycles. The van der Waals surface area contributed by atoms with Gasteiger partial charge in [0.05, 0.1) is 12.1 Å². The molecule has 0 unspecified atom stereocenters. The van der Waals surface area contributed by atoms with Gasteiger partial charge >= 0.3 is 0 Å². The fraction of sp³-hybridized carbons (Fsp3) is 0.400. The molecule has 0 radical (unpaired) electrons. The molecule has 0 aromatic carbocycles. The van der Waals surface area contributed by atoms with Crippen molar-refractivity contribution in [3.05, 3.63) is 54.9 Å². The van der Waals surface area contributed by atoms with Crippen molar-refractivity contribution in [2.75, 3.05) is 44.1 Å². The normalized spacial score (nSPS) is 18.9. The molecule has 2 atom stereocenters. The first-order valence-electron chi connectivity index (χ1n) is 9.59. The quantitative estimate of drug-likeness (QED) is 0.638. The van der Waals surface area contributed by atoms with Gasteiger partial charge in [-0.15, -0.1) is 0 Å². The number of nitrogens with zero attached hydrogens (tertiary/aromatic N) is 7. The van der Waals surface area contributed by atoms with E-state index in [1.165, 1.54) is 0 Å². The zero-order valence-electron chi connectivity index (χ0n) is 16.9. The molecular formula is C20H26N8O. The summed E-state index contributed by atoms with van der Waals surface area (Å²) < 4.78 is 7.61. The van der Waals surface area contributed by atoms with E-state index >= 15 is 0 Å². The lowest BCUT2D eigenvalue weighted by Crippen LogP contribution is -2.39. The second-order valence-electron chi connectivity index (χ2n) is 7.27. The number of ether oxygens (including phenoxy) is 1. The first-order chi connectivity index (χ1) is 14.1.